The predicted octanol–water partition coefficient (Wildman–Crippen LogP) is 2.01. The monoisotopic (exact) mass is 235 g/mol. The molecule has 0 amide bonds. The second-order valence-electron chi connectivity index (χ2n) is 3.64. The molecule has 2 aromatic rings. The zero-order valence-corrected chi connectivity index (χ0v) is 9.99. The van der Waals surface area contributed by atoms with Crippen molar-refractivity contribution in [1.29, 1.82) is 0 Å². The van der Waals surface area contributed by atoms with Crippen LogP contribution in [0.4, 0.5) is 5.69 Å². The largest absolute Gasteiger partial charge is 0.376 e. The summed E-state index contributed by atoms with van der Waals surface area (Å²) in [7, 11) is 1.74. The molecule has 2 aromatic heterocycles. The van der Waals surface area contributed by atoms with Crippen LogP contribution in [0.15, 0.2) is 34.8 Å². The molecule has 0 fully saturated rings. The van der Waals surface area contributed by atoms with Gasteiger partial charge in [-0.3, -0.25) is 9.78 Å². The van der Waals surface area contributed by atoms with Gasteiger partial charge in [0.2, 0.25) is 5.56 Å². The number of hydrogen-bond acceptors (Lipinski definition) is 4. The summed E-state index contributed by atoms with van der Waals surface area (Å²) in [5.74, 6) is 0. The molecule has 0 bridgehead atoms. The van der Waals surface area contributed by atoms with Gasteiger partial charge >= 0.3 is 0 Å². The number of pyridine rings is 1. The minimum atomic E-state index is -0.00371. The molecule has 0 saturated heterocycles. The van der Waals surface area contributed by atoms with Crippen molar-refractivity contribution in [3.05, 3.63) is 45.3 Å². The van der Waals surface area contributed by atoms with Crippen molar-refractivity contribution < 1.29 is 0 Å². The molecular weight excluding hydrogens is 222 g/mol. The Balaban J connectivity index is 2.15. The van der Waals surface area contributed by atoms with Gasteiger partial charge in [0.1, 0.15) is 0 Å². The van der Waals surface area contributed by atoms with Crippen molar-refractivity contribution in [2.24, 2.45) is 7.05 Å². The summed E-state index contributed by atoms with van der Waals surface area (Å²) in [4.78, 5) is 16.4. The fourth-order valence-corrected chi connectivity index (χ4v) is 2.07. The van der Waals surface area contributed by atoms with E-state index in [1.165, 1.54) is 4.88 Å². The number of aromatic nitrogens is 2. The van der Waals surface area contributed by atoms with Crippen LogP contribution in [-0.2, 0) is 7.05 Å². The molecule has 1 atom stereocenters. The molecule has 0 aliphatic heterocycles. The van der Waals surface area contributed by atoms with Crippen LogP contribution in [-0.4, -0.2) is 9.55 Å². The first-order valence-corrected chi connectivity index (χ1v) is 5.86. The molecule has 0 spiro atoms. The van der Waals surface area contributed by atoms with Gasteiger partial charge in [-0.1, -0.05) is 0 Å². The van der Waals surface area contributed by atoms with Crippen molar-refractivity contribution in [2.75, 3.05) is 5.32 Å². The van der Waals surface area contributed by atoms with Gasteiger partial charge in [0.05, 0.1) is 17.2 Å². The third-order valence-electron chi connectivity index (χ3n) is 2.35. The van der Waals surface area contributed by atoms with Crippen molar-refractivity contribution in [2.45, 2.75) is 13.0 Å². The lowest BCUT2D eigenvalue weighted by Crippen LogP contribution is -2.16. The third kappa shape index (κ3) is 2.30. The molecule has 5 heteroatoms. The van der Waals surface area contributed by atoms with E-state index in [2.05, 4.69) is 17.2 Å². The Morgan fingerprint density at radius 3 is 2.94 bits per heavy atom. The van der Waals surface area contributed by atoms with E-state index < -0.39 is 0 Å². The van der Waals surface area contributed by atoms with Crippen molar-refractivity contribution >= 4 is 17.0 Å². The van der Waals surface area contributed by atoms with Crippen LogP contribution in [0.1, 0.15) is 17.8 Å². The van der Waals surface area contributed by atoms with Crippen LogP contribution in [0.2, 0.25) is 0 Å². The first kappa shape index (κ1) is 10.9. The molecule has 1 N–H and O–H groups in total. The Morgan fingerprint density at radius 1 is 1.50 bits per heavy atom. The number of rotatable bonds is 3. The highest BCUT2D eigenvalue weighted by Crippen LogP contribution is 2.20. The van der Waals surface area contributed by atoms with E-state index in [0.717, 1.165) is 5.69 Å². The first-order chi connectivity index (χ1) is 7.66. The Bertz CT molecular complexity index is 518. The number of aryl methyl sites for hydroxylation is 1. The maximum absolute atomic E-state index is 11.2. The fourth-order valence-electron chi connectivity index (χ4n) is 1.44. The molecular formula is C11H13N3OS. The number of nitrogens with zero attached hydrogens (tertiary/aromatic N) is 2. The standard InChI is InChI=1S/C11H13N3OS/c1-8(10-5-12-7-16-10)13-9-3-4-11(15)14(2)6-9/h3-8,13H,1-2H3. The van der Waals surface area contributed by atoms with Crippen molar-refractivity contribution in [3.8, 4) is 0 Å². The SMILES string of the molecule is CC(Nc1ccc(=O)n(C)c1)c1cncs1. The molecule has 0 aliphatic rings. The van der Waals surface area contributed by atoms with E-state index in [1.807, 2.05) is 11.7 Å². The highest BCUT2D eigenvalue weighted by atomic mass is 32.1. The lowest BCUT2D eigenvalue weighted by Gasteiger charge is -2.13. The van der Waals surface area contributed by atoms with Crippen molar-refractivity contribution in [3.63, 3.8) is 0 Å². The van der Waals surface area contributed by atoms with Gasteiger partial charge in [-0.15, -0.1) is 11.3 Å². The minimum Gasteiger partial charge on any atom is -0.376 e. The molecule has 0 aromatic carbocycles. The van der Waals surface area contributed by atoms with E-state index in [-0.39, 0.29) is 11.6 Å². The van der Waals surface area contributed by atoms with Gasteiger partial charge in [0, 0.05) is 30.4 Å². The third-order valence-corrected chi connectivity index (χ3v) is 3.31. The summed E-state index contributed by atoms with van der Waals surface area (Å²) < 4.78 is 1.56. The summed E-state index contributed by atoms with van der Waals surface area (Å²) in [5, 5.41) is 3.32. The zero-order valence-electron chi connectivity index (χ0n) is 9.18. The molecule has 0 aliphatic carbocycles. The first-order valence-electron chi connectivity index (χ1n) is 4.98. The van der Waals surface area contributed by atoms with Crippen LogP contribution in [0.5, 0.6) is 0 Å². The normalized spacial score (nSPS) is 12.4. The van der Waals surface area contributed by atoms with Gasteiger partial charge in [0.25, 0.3) is 0 Å². The number of thiazole rings is 1. The summed E-state index contributed by atoms with van der Waals surface area (Å²) in [5.41, 5.74) is 2.74. The van der Waals surface area contributed by atoms with Crippen LogP contribution in [0, 0.1) is 0 Å². The average Bonchev–Trinajstić information content (AvgIpc) is 2.77. The molecule has 0 radical (unpaired) electrons. The quantitative estimate of drug-likeness (QED) is 0.885. The molecule has 1 unspecified atom stereocenters. The van der Waals surface area contributed by atoms with E-state index >= 15 is 0 Å². The summed E-state index contributed by atoms with van der Waals surface area (Å²) in [6.07, 6.45) is 3.64. The summed E-state index contributed by atoms with van der Waals surface area (Å²) >= 11 is 1.62. The van der Waals surface area contributed by atoms with E-state index in [4.69, 9.17) is 0 Å². The van der Waals surface area contributed by atoms with Gasteiger partial charge < -0.3 is 9.88 Å². The van der Waals surface area contributed by atoms with E-state index in [0.29, 0.717) is 0 Å². The average molecular weight is 235 g/mol. The lowest BCUT2D eigenvalue weighted by atomic mass is 10.3. The molecule has 0 saturated carbocycles. The number of hydrogen-bond donors (Lipinski definition) is 1. The topological polar surface area (TPSA) is 46.9 Å². The summed E-state index contributed by atoms with van der Waals surface area (Å²) in [6.45, 7) is 2.07. The van der Waals surface area contributed by atoms with Gasteiger partial charge in [-0.2, -0.15) is 0 Å². The maximum Gasteiger partial charge on any atom is 0.250 e. The minimum absolute atomic E-state index is 0.00371. The van der Waals surface area contributed by atoms with Gasteiger partial charge in [-0.05, 0) is 13.0 Å². The molecule has 84 valence electrons. The number of anilines is 1. The van der Waals surface area contributed by atoms with Crippen LogP contribution >= 0.6 is 11.3 Å². The van der Waals surface area contributed by atoms with Crippen LogP contribution in [0.3, 0.4) is 0 Å². The Kier molecular flexibility index (Phi) is 3.05. The van der Waals surface area contributed by atoms with E-state index in [1.54, 1.807) is 41.3 Å². The van der Waals surface area contributed by atoms with Crippen LogP contribution in [0.25, 0.3) is 0 Å². The molecule has 16 heavy (non-hydrogen) atoms. The Labute approximate surface area is 97.6 Å². The van der Waals surface area contributed by atoms with Crippen molar-refractivity contribution in [1.82, 2.24) is 9.55 Å². The zero-order chi connectivity index (χ0) is 11.5. The number of nitrogens with one attached hydrogen (secondary N) is 1. The fraction of sp³-hybridized carbons (Fsp3) is 0.273. The van der Waals surface area contributed by atoms with Gasteiger partial charge in [-0.25, -0.2) is 0 Å². The Morgan fingerprint density at radius 2 is 2.31 bits per heavy atom. The molecule has 2 rings (SSSR count). The maximum atomic E-state index is 11.2. The lowest BCUT2D eigenvalue weighted by molar-refractivity contribution is 0.845. The highest BCUT2D eigenvalue weighted by molar-refractivity contribution is 7.09. The highest BCUT2D eigenvalue weighted by Gasteiger charge is 2.06. The predicted molar refractivity (Wildman–Crippen MR) is 65.8 cm³/mol. The van der Waals surface area contributed by atoms with Gasteiger partial charge in [0.15, 0.2) is 0 Å². The smallest absolute Gasteiger partial charge is 0.250 e. The second kappa shape index (κ2) is 4.49. The Hall–Kier alpha value is -1.62. The van der Waals surface area contributed by atoms with Crippen LogP contribution < -0.4 is 10.9 Å². The second-order valence-corrected chi connectivity index (χ2v) is 4.55. The molecule has 4 nitrogen and oxygen atoms in total. The van der Waals surface area contributed by atoms with E-state index in [9.17, 15) is 4.79 Å². The summed E-state index contributed by atoms with van der Waals surface area (Å²) in [6, 6.07) is 3.55. The molecule has 2 heterocycles.